The van der Waals surface area contributed by atoms with Crippen LogP contribution in [0.1, 0.15) is 185 Å². The minimum Gasteiger partial charge on any atom is -0.481 e. The van der Waals surface area contributed by atoms with E-state index >= 15 is 0 Å². The van der Waals surface area contributed by atoms with E-state index in [0.29, 0.717) is 53.3 Å². The number of allylic oxidation sites excluding steroid dienone is 11. The molecule has 0 radical (unpaired) electrons. The summed E-state index contributed by atoms with van der Waals surface area (Å²) in [6.45, 7) is 28.5. The van der Waals surface area contributed by atoms with Gasteiger partial charge in [-0.2, -0.15) is 0 Å². The van der Waals surface area contributed by atoms with Crippen LogP contribution in [0.3, 0.4) is 0 Å². The van der Waals surface area contributed by atoms with Gasteiger partial charge in [0.15, 0.2) is 0 Å². The summed E-state index contributed by atoms with van der Waals surface area (Å²) in [5.41, 5.74) is 4.88. The van der Waals surface area contributed by atoms with Crippen LogP contribution in [-0.2, 0) is 14.4 Å². The van der Waals surface area contributed by atoms with Gasteiger partial charge in [0.05, 0.1) is 16.2 Å². The van der Waals surface area contributed by atoms with Crippen molar-refractivity contribution in [1.29, 1.82) is 0 Å². The average molecular weight is 907 g/mol. The van der Waals surface area contributed by atoms with Gasteiger partial charge in [0.25, 0.3) is 0 Å². The summed E-state index contributed by atoms with van der Waals surface area (Å²) in [4.78, 5) is 35.9. The number of rotatable bonds is 6. The highest BCUT2D eigenvalue weighted by atomic mass is 16.4. The Hall–Kier alpha value is -3.15. The van der Waals surface area contributed by atoms with Crippen molar-refractivity contribution in [2.45, 2.75) is 185 Å². The van der Waals surface area contributed by atoms with Crippen molar-refractivity contribution in [2.75, 3.05) is 0 Å². The Bertz CT molecular complexity index is 2040. The Morgan fingerprint density at radius 2 is 1.26 bits per heavy atom. The second kappa shape index (κ2) is 18.6. The molecule has 366 valence electrons. The third kappa shape index (κ3) is 8.53. The van der Waals surface area contributed by atoms with Gasteiger partial charge in [-0.05, 0) is 210 Å². The van der Waals surface area contributed by atoms with Crippen LogP contribution in [0.2, 0.25) is 0 Å². The molecule has 6 heteroatoms. The van der Waals surface area contributed by atoms with Crippen LogP contribution < -0.4 is 0 Å². The lowest BCUT2D eigenvalue weighted by atomic mass is 9.43. The summed E-state index contributed by atoms with van der Waals surface area (Å²) in [5, 5.41) is 29.6. The SMILES string of the molecule is C=CC1CC2C(C)(C(=O)O)CCCC2(C)C2CCC(C)=CC12.CC(C)C1=CC2=CCC3C(C)(C(=O)O)CCCC3(C)C2CC1.CC(C)C1=CC2CCC3C(C)(C(=O)O)CCCC3(C)C2C=C1. The third-order valence-electron chi connectivity index (χ3n) is 21.5. The van der Waals surface area contributed by atoms with Crippen LogP contribution in [0.25, 0.3) is 0 Å². The number of hydrogen-bond acceptors (Lipinski definition) is 3. The van der Waals surface area contributed by atoms with Crippen molar-refractivity contribution in [3.8, 4) is 0 Å². The van der Waals surface area contributed by atoms with Gasteiger partial charge in [0.1, 0.15) is 0 Å². The summed E-state index contributed by atoms with van der Waals surface area (Å²) in [6.07, 6.45) is 34.8. The first-order chi connectivity index (χ1) is 30.9. The molecule has 0 amide bonds. The molecule has 0 aromatic carbocycles. The fourth-order valence-corrected chi connectivity index (χ4v) is 17.4. The highest BCUT2D eigenvalue weighted by Crippen LogP contribution is 2.66. The molecule has 0 saturated heterocycles. The van der Waals surface area contributed by atoms with Gasteiger partial charge < -0.3 is 15.3 Å². The second-order valence-corrected chi connectivity index (χ2v) is 25.6. The lowest BCUT2D eigenvalue weighted by molar-refractivity contribution is -0.171. The van der Waals surface area contributed by atoms with Crippen molar-refractivity contribution in [3.63, 3.8) is 0 Å². The molecule has 0 aliphatic heterocycles. The zero-order valence-electron chi connectivity index (χ0n) is 43.2. The first kappa shape index (κ1) is 50.7. The molecule has 0 bridgehead atoms. The van der Waals surface area contributed by atoms with Crippen LogP contribution >= 0.6 is 0 Å². The van der Waals surface area contributed by atoms with Crippen LogP contribution in [0.15, 0.2) is 71.4 Å². The first-order valence-corrected chi connectivity index (χ1v) is 26.7. The maximum absolute atomic E-state index is 12.0. The molecular formula is C60H90O6. The highest BCUT2D eigenvalue weighted by molar-refractivity contribution is 5.76. The summed E-state index contributed by atoms with van der Waals surface area (Å²) >= 11 is 0. The number of hydrogen-bond donors (Lipinski definition) is 3. The molecule has 5 fully saturated rings. The topological polar surface area (TPSA) is 112 Å². The van der Waals surface area contributed by atoms with E-state index in [0.717, 1.165) is 64.2 Å². The van der Waals surface area contributed by atoms with Gasteiger partial charge in [0.2, 0.25) is 0 Å². The molecule has 9 rings (SSSR count). The molecule has 0 heterocycles. The Kier molecular flexibility index (Phi) is 14.3. The molecule has 9 aliphatic carbocycles. The molecule has 5 saturated carbocycles. The first-order valence-electron chi connectivity index (χ1n) is 26.7. The second-order valence-electron chi connectivity index (χ2n) is 25.6. The molecule has 66 heavy (non-hydrogen) atoms. The van der Waals surface area contributed by atoms with Crippen molar-refractivity contribution >= 4 is 17.9 Å². The van der Waals surface area contributed by atoms with Crippen molar-refractivity contribution < 1.29 is 29.7 Å². The van der Waals surface area contributed by atoms with Gasteiger partial charge in [-0.25, -0.2) is 0 Å². The standard InChI is InChI=1S/3C20H30O2/c2*1-13(2)14-6-8-16-15(12-14)7-9-17-19(16,3)10-5-11-20(17,4)18(21)22;1-5-14-12-17-19(3,9-6-10-20(17,4)18(21)22)16-8-7-13(2)11-15(14)16/h7,12-13,16-17H,5-6,8-11H2,1-4H3,(H,21,22);6,8,12-13,15-17H,5,7,9-11H2,1-4H3,(H,21,22);5,11,14-17H,1,6-10,12H2,2-4H3,(H,21,22). The van der Waals surface area contributed by atoms with Crippen LogP contribution in [0.4, 0.5) is 0 Å². The fraction of sp³-hybridized carbons (Fsp3) is 0.750. The average Bonchev–Trinajstić information content (AvgIpc) is 3.26. The molecule has 0 aromatic rings. The normalized spacial score (nSPS) is 44.5. The zero-order valence-corrected chi connectivity index (χ0v) is 43.2. The Labute approximate surface area is 400 Å². The van der Waals surface area contributed by atoms with Gasteiger partial charge >= 0.3 is 17.9 Å². The molecule has 6 nitrogen and oxygen atoms in total. The number of carboxylic acid groups (broad SMARTS) is 3. The number of fused-ring (bicyclic) bond motifs is 9. The van der Waals surface area contributed by atoms with Crippen LogP contribution in [0, 0.1) is 97.6 Å². The van der Waals surface area contributed by atoms with Crippen LogP contribution in [0.5, 0.6) is 0 Å². The van der Waals surface area contributed by atoms with E-state index < -0.39 is 34.2 Å². The van der Waals surface area contributed by atoms with Crippen molar-refractivity contribution in [1.82, 2.24) is 0 Å². The van der Waals surface area contributed by atoms with Gasteiger partial charge in [-0.15, -0.1) is 6.58 Å². The van der Waals surface area contributed by atoms with E-state index in [1.807, 2.05) is 20.8 Å². The van der Waals surface area contributed by atoms with E-state index in [1.54, 1.807) is 5.57 Å². The Balaban J connectivity index is 0.000000147. The summed E-state index contributed by atoms with van der Waals surface area (Å²) in [6, 6.07) is 0. The summed E-state index contributed by atoms with van der Waals surface area (Å²) in [5.74, 6) is 3.65. The minimum atomic E-state index is -0.591. The number of carbonyl (C=O) groups is 3. The van der Waals surface area contributed by atoms with Crippen molar-refractivity contribution in [2.24, 2.45) is 97.6 Å². The molecule has 9 aliphatic rings. The maximum Gasteiger partial charge on any atom is 0.309 e. The quantitative estimate of drug-likeness (QED) is 0.229. The van der Waals surface area contributed by atoms with Gasteiger partial charge in [-0.3, -0.25) is 14.4 Å². The van der Waals surface area contributed by atoms with Crippen LogP contribution in [-0.4, -0.2) is 33.2 Å². The predicted molar refractivity (Wildman–Crippen MR) is 268 cm³/mol. The molecule has 15 unspecified atom stereocenters. The highest BCUT2D eigenvalue weighted by Gasteiger charge is 2.62. The zero-order chi connectivity index (χ0) is 48.4. The molecule has 0 aromatic heterocycles. The van der Waals surface area contributed by atoms with E-state index in [1.165, 1.54) is 61.7 Å². The molecule has 15 atom stereocenters. The van der Waals surface area contributed by atoms with E-state index in [-0.39, 0.29) is 28.1 Å². The molecule has 3 N–H and O–H groups in total. The van der Waals surface area contributed by atoms with Crippen molar-refractivity contribution in [3.05, 3.63) is 71.4 Å². The van der Waals surface area contributed by atoms with Gasteiger partial charge in [0, 0.05) is 0 Å². The van der Waals surface area contributed by atoms with E-state index in [2.05, 4.69) is 105 Å². The lowest BCUT2D eigenvalue weighted by Gasteiger charge is -2.61. The molecule has 0 spiro atoms. The van der Waals surface area contributed by atoms with E-state index in [9.17, 15) is 29.7 Å². The number of aliphatic carboxylic acids is 3. The Morgan fingerprint density at radius 1 is 0.682 bits per heavy atom. The largest absolute Gasteiger partial charge is 0.481 e. The van der Waals surface area contributed by atoms with Gasteiger partial charge in [-0.1, -0.05) is 121 Å². The van der Waals surface area contributed by atoms with E-state index in [4.69, 9.17) is 0 Å². The summed E-state index contributed by atoms with van der Waals surface area (Å²) in [7, 11) is 0. The summed E-state index contributed by atoms with van der Waals surface area (Å²) < 4.78 is 0. The fourth-order valence-electron chi connectivity index (χ4n) is 17.4. The smallest absolute Gasteiger partial charge is 0.309 e. The predicted octanol–water partition coefficient (Wildman–Crippen LogP) is 15.3. The minimum absolute atomic E-state index is 0.143. The number of carboxylic acids is 3. The third-order valence-corrected chi connectivity index (χ3v) is 21.5. The maximum atomic E-state index is 12.0. The monoisotopic (exact) mass is 907 g/mol. The lowest BCUT2D eigenvalue weighted by Crippen LogP contribution is -2.57. The molecular weight excluding hydrogens is 817 g/mol. The Morgan fingerprint density at radius 3 is 1.83 bits per heavy atom.